The van der Waals surface area contributed by atoms with Crippen LogP contribution in [-0.2, 0) is 10.0 Å². The summed E-state index contributed by atoms with van der Waals surface area (Å²) >= 11 is 0. The van der Waals surface area contributed by atoms with Gasteiger partial charge < -0.3 is 9.88 Å². The number of aryl methyl sites for hydroxylation is 1. The Morgan fingerprint density at radius 1 is 0.939 bits per heavy atom. The van der Waals surface area contributed by atoms with Crippen molar-refractivity contribution in [1.82, 2.24) is 14.2 Å². The van der Waals surface area contributed by atoms with Crippen molar-refractivity contribution < 1.29 is 8.42 Å². The first-order chi connectivity index (χ1) is 16.0. The van der Waals surface area contributed by atoms with Crippen LogP contribution in [0.25, 0.3) is 22.0 Å². The molecule has 1 N–H and O–H groups in total. The van der Waals surface area contributed by atoms with Crippen molar-refractivity contribution in [3.8, 4) is 11.1 Å². The normalized spacial score (nSPS) is 18.9. The predicted molar refractivity (Wildman–Crippen MR) is 136 cm³/mol. The van der Waals surface area contributed by atoms with Gasteiger partial charge in [0.05, 0.1) is 5.75 Å². The maximum Gasteiger partial charge on any atom is 0.214 e. The minimum atomic E-state index is -3.16. The zero-order chi connectivity index (χ0) is 22.8. The number of fused-ring (bicyclic) bond motifs is 1. The molecular formula is C27H35N3O2S. The third-order valence-electron chi connectivity index (χ3n) is 7.46. The number of nitrogens with zero attached hydrogens (tertiary/aromatic N) is 2. The van der Waals surface area contributed by atoms with E-state index in [4.69, 9.17) is 0 Å². The van der Waals surface area contributed by atoms with Gasteiger partial charge in [-0.1, -0.05) is 35.9 Å². The molecule has 1 aromatic heterocycles. The number of likely N-dealkylation sites (tertiary alicyclic amines) is 1. The van der Waals surface area contributed by atoms with Crippen LogP contribution in [0.2, 0.25) is 0 Å². The zero-order valence-electron chi connectivity index (χ0n) is 19.6. The Hall–Kier alpha value is -2.15. The number of nitrogens with one attached hydrogen (secondary N) is 1. The average molecular weight is 466 g/mol. The number of hydrogen-bond donors (Lipinski definition) is 1. The molecule has 2 aromatic carbocycles. The first kappa shape index (κ1) is 22.6. The minimum Gasteiger partial charge on any atom is -0.361 e. The summed E-state index contributed by atoms with van der Waals surface area (Å²) in [6.45, 7) is 6.52. The summed E-state index contributed by atoms with van der Waals surface area (Å²) < 4.78 is 27.5. The van der Waals surface area contributed by atoms with Crippen molar-refractivity contribution in [3.63, 3.8) is 0 Å². The molecule has 2 fully saturated rings. The summed E-state index contributed by atoms with van der Waals surface area (Å²) in [6.07, 6.45) is 7.14. The molecule has 176 valence electrons. The number of aromatic amines is 1. The number of rotatable bonds is 7. The number of sulfonamides is 1. The van der Waals surface area contributed by atoms with Gasteiger partial charge in [0.2, 0.25) is 10.0 Å². The summed E-state index contributed by atoms with van der Waals surface area (Å²) in [5, 5.41) is 1.26. The molecule has 5 rings (SSSR count). The van der Waals surface area contributed by atoms with E-state index < -0.39 is 10.0 Å². The third kappa shape index (κ3) is 5.03. The van der Waals surface area contributed by atoms with Gasteiger partial charge in [-0.15, -0.1) is 0 Å². The fraction of sp³-hybridized carbons (Fsp3) is 0.481. The van der Waals surface area contributed by atoms with Gasteiger partial charge in [0.15, 0.2) is 0 Å². The van der Waals surface area contributed by atoms with Gasteiger partial charge in [0.25, 0.3) is 0 Å². The van der Waals surface area contributed by atoms with E-state index in [0.717, 1.165) is 44.4 Å². The number of hydrogen-bond acceptors (Lipinski definition) is 3. The van der Waals surface area contributed by atoms with E-state index in [9.17, 15) is 8.42 Å². The van der Waals surface area contributed by atoms with Crippen LogP contribution in [0.5, 0.6) is 0 Å². The predicted octanol–water partition coefficient (Wildman–Crippen LogP) is 5.14. The topological polar surface area (TPSA) is 56.4 Å². The SMILES string of the molecule is Cc1ccc(-c2ccc3[nH]cc(C4CCN(S(=O)(=O)CCCN5CCCC5)CC4)c3c2)cc1. The molecule has 0 aliphatic carbocycles. The summed E-state index contributed by atoms with van der Waals surface area (Å²) in [5.74, 6) is 0.671. The zero-order valence-corrected chi connectivity index (χ0v) is 20.4. The first-order valence-corrected chi connectivity index (χ1v) is 14.0. The van der Waals surface area contributed by atoms with Crippen LogP contribution >= 0.6 is 0 Å². The molecule has 2 aliphatic heterocycles. The molecule has 0 bridgehead atoms. The van der Waals surface area contributed by atoms with E-state index in [0.29, 0.717) is 19.0 Å². The van der Waals surface area contributed by atoms with Gasteiger partial charge in [-0.25, -0.2) is 12.7 Å². The van der Waals surface area contributed by atoms with Crippen molar-refractivity contribution >= 4 is 20.9 Å². The molecule has 0 radical (unpaired) electrons. The molecule has 0 atom stereocenters. The number of H-pyrrole nitrogens is 1. The summed E-state index contributed by atoms with van der Waals surface area (Å²) in [6, 6.07) is 15.3. The Morgan fingerprint density at radius 2 is 1.64 bits per heavy atom. The van der Waals surface area contributed by atoms with Crippen molar-refractivity contribution in [1.29, 1.82) is 0 Å². The molecule has 0 saturated carbocycles. The molecule has 3 aromatic rings. The Kier molecular flexibility index (Phi) is 6.59. The Morgan fingerprint density at radius 3 is 2.36 bits per heavy atom. The fourth-order valence-corrected chi connectivity index (χ4v) is 6.98. The van der Waals surface area contributed by atoms with Gasteiger partial charge in [-0.05, 0) is 93.4 Å². The quantitative estimate of drug-likeness (QED) is 0.526. The van der Waals surface area contributed by atoms with Crippen molar-refractivity contribution in [2.24, 2.45) is 0 Å². The lowest BCUT2D eigenvalue weighted by molar-refractivity contribution is 0.315. The second-order valence-electron chi connectivity index (χ2n) is 9.76. The Labute approximate surface area is 197 Å². The molecule has 2 aliphatic rings. The maximum absolute atomic E-state index is 12.9. The highest BCUT2D eigenvalue weighted by atomic mass is 32.2. The van der Waals surface area contributed by atoms with Gasteiger partial charge in [-0.3, -0.25) is 0 Å². The van der Waals surface area contributed by atoms with Gasteiger partial charge >= 0.3 is 0 Å². The standard InChI is InChI=1S/C27H35N3O2S/c1-21-5-7-22(8-6-21)24-9-10-27-25(19-24)26(20-28-27)23-11-16-30(17-12-23)33(31,32)18-4-15-29-13-2-3-14-29/h5-10,19-20,23,28H,2-4,11-18H2,1H3. The van der Waals surface area contributed by atoms with E-state index in [1.165, 1.54) is 40.5 Å². The smallest absolute Gasteiger partial charge is 0.214 e. The molecular weight excluding hydrogens is 430 g/mol. The minimum absolute atomic E-state index is 0.279. The number of aromatic nitrogens is 1. The van der Waals surface area contributed by atoms with Crippen LogP contribution < -0.4 is 0 Å². The second kappa shape index (κ2) is 9.61. The number of benzene rings is 2. The van der Waals surface area contributed by atoms with E-state index in [1.807, 2.05) is 0 Å². The average Bonchev–Trinajstić information content (AvgIpc) is 3.49. The third-order valence-corrected chi connectivity index (χ3v) is 9.42. The van der Waals surface area contributed by atoms with E-state index in [2.05, 4.69) is 65.5 Å². The van der Waals surface area contributed by atoms with Gasteiger partial charge in [0, 0.05) is 30.2 Å². The number of piperidine rings is 1. The lowest BCUT2D eigenvalue weighted by atomic mass is 9.89. The summed E-state index contributed by atoms with van der Waals surface area (Å²) in [5.41, 5.74) is 6.19. The molecule has 3 heterocycles. The van der Waals surface area contributed by atoms with Gasteiger partial charge in [0.1, 0.15) is 0 Å². The van der Waals surface area contributed by atoms with Crippen LogP contribution in [0.3, 0.4) is 0 Å². The maximum atomic E-state index is 12.9. The highest BCUT2D eigenvalue weighted by molar-refractivity contribution is 7.89. The van der Waals surface area contributed by atoms with Gasteiger partial charge in [-0.2, -0.15) is 0 Å². The lowest BCUT2D eigenvalue weighted by Gasteiger charge is -2.31. The Balaban J connectivity index is 1.24. The molecule has 33 heavy (non-hydrogen) atoms. The van der Waals surface area contributed by atoms with E-state index in [-0.39, 0.29) is 5.75 Å². The molecule has 0 amide bonds. The molecule has 2 saturated heterocycles. The van der Waals surface area contributed by atoms with Crippen molar-refractivity contribution in [2.75, 3.05) is 38.5 Å². The largest absolute Gasteiger partial charge is 0.361 e. The molecule has 0 spiro atoms. The first-order valence-electron chi connectivity index (χ1n) is 12.4. The molecule has 0 unspecified atom stereocenters. The van der Waals surface area contributed by atoms with Crippen LogP contribution in [0.4, 0.5) is 0 Å². The van der Waals surface area contributed by atoms with Crippen molar-refractivity contribution in [2.45, 2.75) is 44.9 Å². The summed E-state index contributed by atoms with van der Waals surface area (Å²) in [7, 11) is -3.16. The van der Waals surface area contributed by atoms with E-state index >= 15 is 0 Å². The molecule has 5 nitrogen and oxygen atoms in total. The highest BCUT2D eigenvalue weighted by Gasteiger charge is 2.29. The summed E-state index contributed by atoms with van der Waals surface area (Å²) in [4.78, 5) is 5.83. The lowest BCUT2D eigenvalue weighted by Crippen LogP contribution is -2.39. The molecule has 6 heteroatoms. The van der Waals surface area contributed by atoms with Crippen molar-refractivity contribution in [3.05, 3.63) is 59.8 Å². The second-order valence-corrected chi connectivity index (χ2v) is 11.9. The van der Waals surface area contributed by atoms with E-state index in [1.54, 1.807) is 4.31 Å². The monoisotopic (exact) mass is 465 g/mol. The Bertz CT molecular complexity index is 1190. The highest BCUT2D eigenvalue weighted by Crippen LogP contribution is 2.35. The fourth-order valence-electron chi connectivity index (χ4n) is 5.46. The van der Waals surface area contributed by atoms with Crippen LogP contribution in [-0.4, -0.2) is 61.1 Å². The van der Waals surface area contributed by atoms with Crippen LogP contribution in [0.15, 0.2) is 48.7 Å². The van der Waals surface area contributed by atoms with Crippen LogP contribution in [0.1, 0.15) is 49.1 Å². The van der Waals surface area contributed by atoms with Crippen LogP contribution in [0, 0.1) is 6.92 Å².